The molecule has 1 N–H and O–H groups in total. The molecule has 0 spiro atoms. The Morgan fingerprint density at radius 3 is 2.74 bits per heavy atom. The first-order chi connectivity index (χ1) is 8.95. The maximum atomic E-state index is 12.4. The third-order valence-electron chi connectivity index (χ3n) is 3.26. The predicted octanol–water partition coefficient (Wildman–Crippen LogP) is 0.492. The van der Waals surface area contributed by atoms with Crippen molar-refractivity contribution in [2.24, 2.45) is 0 Å². The molecule has 102 valence electrons. The highest BCUT2D eigenvalue weighted by molar-refractivity contribution is 5.99. The van der Waals surface area contributed by atoms with E-state index in [1.54, 1.807) is 37.1 Å². The molecule has 1 fully saturated rings. The number of carbonyl (C=O) groups is 2. The minimum Gasteiger partial charge on any atom is -0.340 e. The molecule has 0 aliphatic carbocycles. The Morgan fingerprint density at radius 2 is 2.16 bits per heavy atom. The van der Waals surface area contributed by atoms with E-state index in [1.807, 2.05) is 6.92 Å². The Balaban J connectivity index is 2.28. The van der Waals surface area contributed by atoms with E-state index in [2.05, 4.69) is 15.5 Å². The van der Waals surface area contributed by atoms with Crippen LogP contribution < -0.4 is 5.32 Å². The Bertz CT molecular complexity index is 487. The van der Waals surface area contributed by atoms with Crippen molar-refractivity contribution in [3.05, 3.63) is 24.0 Å². The summed E-state index contributed by atoms with van der Waals surface area (Å²) in [6.45, 7) is 5.62. The fraction of sp³-hybridized carbons (Fsp3) is 0.538. The van der Waals surface area contributed by atoms with Gasteiger partial charge >= 0.3 is 0 Å². The number of aromatic nitrogens is 2. The number of nitrogens with one attached hydrogen (secondary N) is 1. The van der Waals surface area contributed by atoms with Crippen molar-refractivity contribution in [1.82, 2.24) is 20.4 Å². The van der Waals surface area contributed by atoms with Crippen LogP contribution in [0.5, 0.6) is 0 Å². The molecule has 2 rings (SSSR count). The molecule has 6 heteroatoms. The molecular weight excluding hydrogens is 244 g/mol. The molecule has 1 unspecified atom stereocenters. The summed E-state index contributed by atoms with van der Waals surface area (Å²) in [5.74, 6) is -0.208. The normalized spacial score (nSPS) is 22.3. The summed E-state index contributed by atoms with van der Waals surface area (Å²) in [4.78, 5) is 26.1. The van der Waals surface area contributed by atoms with Crippen LogP contribution in [-0.2, 0) is 16.1 Å². The highest BCUT2D eigenvalue weighted by Crippen LogP contribution is 2.21. The lowest BCUT2D eigenvalue weighted by atomic mass is 9.95. The molecule has 1 aliphatic heterocycles. The first kappa shape index (κ1) is 13.5. The van der Waals surface area contributed by atoms with Gasteiger partial charge in [-0.05, 0) is 32.4 Å². The average Bonchev–Trinajstić information content (AvgIpc) is 2.37. The standard InChI is InChI=1S/C13H18N4O2/c1-4-10-11(18)15-13(2,3)12(19)17(10)8-9-6-5-7-14-16-9/h5-7,10H,4,8H2,1-3H3,(H,15,18). The molecule has 1 aromatic rings. The Labute approximate surface area is 112 Å². The van der Waals surface area contributed by atoms with Gasteiger partial charge in [0, 0.05) is 6.20 Å². The minimum absolute atomic E-state index is 0.0930. The van der Waals surface area contributed by atoms with E-state index in [4.69, 9.17) is 0 Å². The second-order valence-electron chi connectivity index (χ2n) is 5.19. The van der Waals surface area contributed by atoms with Crippen molar-refractivity contribution < 1.29 is 9.59 Å². The van der Waals surface area contributed by atoms with Gasteiger partial charge < -0.3 is 10.2 Å². The van der Waals surface area contributed by atoms with Gasteiger partial charge in [-0.3, -0.25) is 9.59 Å². The van der Waals surface area contributed by atoms with E-state index in [0.717, 1.165) is 0 Å². The lowest BCUT2D eigenvalue weighted by Gasteiger charge is -2.42. The molecule has 19 heavy (non-hydrogen) atoms. The maximum absolute atomic E-state index is 12.4. The number of rotatable bonds is 3. The summed E-state index contributed by atoms with van der Waals surface area (Å²) in [6, 6.07) is 3.12. The van der Waals surface area contributed by atoms with Crippen LogP contribution >= 0.6 is 0 Å². The molecule has 0 aromatic carbocycles. The van der Waals surface area contributed by atoms with Crippen LogP contribution in [0.1, 0.15) is 32.9 Å². The predicted molar refractivity (Wildman–Crippen MR) is 68.9 cm³/mol. The molecule has 1 saturated heterocycles. The largest absolute Gasteiger partial charge is 0.340 e. The van der Waals surface area contributed by atoms with Crippen LogP contribution in [0.3, 0.4) is 0 Å². The van der Waals surface area contributed by atoms with E-state index in [9.17, 15) is 9.59 Å². The smallest absolute Gasteiger partial charge is 0.248 e. The second kappa shape index (κ2) is 4.95. The molecule has 6 nitrogen and oxygen atoms in total. The maximum Gasteiger partial charge on any atom is 0.248 e. The molecule has 0 bridgehead atoms. The van der Waals surface area contributed by atoms with E-state index in [1.165, 1.54) is 0 Å². The van der Waals surface area contributed by atoms with Crippen LogP contribution in [0.15, 0.2) is 18.3 Å². The van der Waals surface area contributed by atoms with Gasteiger partial charge in [0.2, 0.25) is 11.8 Å². The summed E-state index contributed by atoms with van der Waals surface area (Å²) >= 11 is 0. The summed E-state index contributed by atoms with van der Waals surface area (Å²) < 4.78 is 0. The third kappa shape index (κ3) is 2.57. The van der Waals surface area contributed by atoms with Crippen LogP contribution in [0, 0.1) is 0 Å². The number of hydrogen-bond acceptors (Lipinski definition) is 4. The topological polar surface area (TPSA) is 75.2 Å². The fourth-order valence-electron chi connectivity index (χ4n) is 2.27. The lowest BCUT2D eigenvalue weighted by Crippen LogP contribution is -2.67. The highest BCUT2D eigenvalue weighted by Gasteiger charge is 2.44. The minimum atomic E-state index is -0.870. The van der Waals surface area contributed by atoms with Crippen molar-refractivity contribution in [2.45, 2.75) is 45.3 Å². The first-order valence-corrected chi connectivity index (χ1v) is 6.35. The summed E-state index contributed by atoms with van der Waals surface area (Å²) in [6.07, 6.45) is 2.16. The molecular formula is C13H18N4O2. The zero-order chi connectivity index (χ0) is 14.0. The monoisotopic (exact) mass is 262 g/mol. The van der Waals surface area contributed by atoms with Crippen LogP contribution in [0.25, 0.3) is 0 Å². The van der Waals surface area contributed by atoms with Crippen molar-refractivity contribution in [2.75, 3.05) is 0 Å². The summed E-state index contributed by atoms with van der Waals surface area (Å²) in [5, 5.41) is 10.5. The summed E-state index contributed by atoms with van der Waals surface area (Å²) in [5.41, 5.74) is -0.190. The Morgan fingerprint density at radius 1 is 1.42 bits per heavy atom. The zero-order valence-electron chi connectivity index (χ0n) is 11.4. The number of amides is 2. The van der Waals surface area contributed by atoms with Gasteiger partial charge in [0.25, 0.3) is 0 Å². The van der Waals surface area contributed by atoms with Gasteiger partial charge in [-0.2, -0.15) is 10.2 Å². The van der Waals surface area contributed by atoms with Gasteiger partial charge in [0.15, 0.2) is 0 Å². The number of carbonyl (C=O) groups excluding carboxylic acids is 2. The number of hydrogen-bond donors (Lipinski definition) is 1. The van der Waals surface area contributed by atoms with Crippen LogP contribution in [0.2, 0.25) is 0 Å². The van der Waals surface area contributed by atoms with Crippen LogP contribution in [0.4, 0.5) is 0 Å². The van der Waals surface area contributed by atoms with Gasteiger partial charge in [-0.1, -0.05) is 6.92 Å². The molecule has 0 saturated carbocycles. The van der Waals surface area contributed by atoms with Crippen molar-refractivity contribution in [3.8, 4) is 0 Å². The third-order valence-corrected chi connectivity index (χ3v) is 3.26. The van der Waals surface area contributed by atoms with Gasteiger partial charge in [-0.15, -0.1) is 0 Å². The first-order valence-electron chi connectivity index (χ1n) is 6.35. The second-order valence-corrected chi connectivity index (χ2v) is 5.19. The van der Waals surface area contributed by atoms with E-state index in [-0.39, 0.29) is 11.8 Å². The quantitative estimate of drug-likeness (QED) is 0.860. The van der Waals surface area contributed by atoms with Gasteiger partial charge in [0.1, 0.15) is 11.6 Å². The van der Waals surface area contributed by atoms with Crippen molar-refractivity contribution in [3.63, 3.8) is 0 Å². The summed E-state index contributed by atoms with van der Waals surface area (Å²) in [7, 11) is 0. The van der Waals surface area contributed by atoms with E-state index < -0.39 is 11.6 Å². The molecule has 1 aromatic heterocycles. The Kier molecular flexibility index (Phi) is 3.50. The average molecular weight is 262 g/mol. The molecule has 2 amide bonds. The number of piperazine rings is 1. The lowest BCUT2D eigenvalue weighted by molar-refractivity contribution is -0.154. The molecule has 2 heterocycles. The highest BCUT2D eigenvalue weighted by atomic mass is 16.2. The molecule has 1 aliphatic rings. The van der Waals surface area contributed by atoms with E-state index in [0.29, 0.717) is 18.7 Å². The molecule has 0 radical (unpaired) electrons. The van der Waals surface area contributed by atoms with Gasteiger partial charge in [-0.25, -0.2) is 0 Å². The van der Waals surface area contributed by atoms with Gasteiger partial charge in [0.05, 0.1) is 12.2 Å². The number of nitrogens with zero attached hydrogens (tertiary/aromatic N) is 3. The fourth-order valence-corrected chi connectivity index (χ4v) is 2.27. The Hall–Kier alpha value is -1.98. The van der Waals surface area contributed by atoms with Crippen molar-refractivity contribution >= 4 is 11.8 Å². The molecule has 1 atom stereocenters. The van der Waals surface area contributed by atoms with E-state index >= 15 is 0 Å². The van der Waals surface area contributed by atoms with Crippen molar-refractivity contribution in [1.29, 1.82) is 0 Å². The SMILES string of the molecule is CCC1C(=O)NC(C)(C)C(=O)N1Cc1cccnn1. The zero-order valence-corrected chi connectivity index (χ0v) is 11.4. The van der Waals surface area contributed by atoms with Crippen LogP contribution in [-0.4, -0.2) is 38.5 Å².